The van der Waals surface area contributed by atoms with Gasteiger partial charge in [0.1, 0.15) is 0 Å². The molecule has 1 heteroatoms. The van der Waals surface area contributed by atoms with E-state index in [-0.39, 0.29) is 32.5 Å². The van der Waals surface area contributed by atoms with Crippen molar-refractivity contribution >= 4 is 23.6 Å². The summed E-state index contributed by atoms with van der Waals surface area (Å²) in [6.45, 7) is 45.3. The molecule has 0 spiro atoms. The molecule has 0 N–H and O–H groups in total. The Morgan fingerprint density at radius 2 is 0.627 bits per heavy atom. The zero-order chi connectivity index (χ0) is 38.8. The van der Waals surface area contributed by atoms with E-state index in [1.165, 1.54) is 60.1 Å². The Morgan fingerprint density at radius 1 is 0.373 bits per heavy atom. The van der Waals surface area contributed by atoms with Crippen LogP contribution in [-0.4, -0.2) is 8.07 Å². The summed E-state index contributed by atoms with van der Waals surface area (Å²) in [5, 5.41) is 4.51. The lowest BCUT2D eigenvalue weighted by Gasteiger charge is -2.42. The summed E-state index contributed by atoms with van der Waals surface area (Å²) < 4.78 is 0. The van der Waals surface area contributed by atoms with Gasteiger partial charge < -0.3 is 0 Å². The van der Waals surface area contributed by atoms with Crippen molar-refractivity contribution in [1.29, 1.82) is 0 Å². The van der Waals surface area contributed by atoms with Crippen molar-refractivity contribution in [2.24, 2.45) is 0 Å². The Labute approximate surface area is 316 Å². The maximum atomic E-state index is 2.63. The zero-order valence-electron chi connectivity index (χ0n) is 36.3. The first-order valence-electron chi connectivity index (χ1n) is 19.7. The van der Waals surface area contributed by atoms with Crippen LogP contribution in [0.25, 0.3) is 0 Å². The molecule has 0 heterocycles. The second-order valence-corrected chi connectivity index (χ2v) is 25.7. The van der Waals surface area contributed by atoms with Crippen LogP contribution >= 0.6 is 0 Å². The molecule has 0 fully saturated rings. The van der Waals surface area contributed by atoms with Gasteiger partial charge in [-0.05, 0) is 87.9 Å². The predicted octanol–water partition coefficient (Wildman–Crippen LogP) is 12.4. The Hall–Kier alpha value is -2.64. The van der Waals surface area contributed by atoms with Crippen molar-refractivity contribution < 1.29 is 0 Å². The molecule has 1 radical (unpaired) electrons. The molecule has 0 aliphatic heterocycles. The predicted molar refractivity (Wildman–Crippen MR) is 232 cm³/mol. The number of rotatable bonds is 6. The van der Waals surface area contributed by atoms with Crippen LogP contribution in [0.4, 0.5) is 0 Å². The Balaban J connectivity index is 2.44. The highest BCUT2D eigenvalue weighted by molar-refractivity contribution is 7.15. The van der Waals surface area contributed by atoms with Gasteiger partial charge in [-0.3, -0.25) is 0 Å². The standard InChI is InChI=1S/C50H73Si/c1-20-21-34-22-23-41(24-34)51(42-28-35(45(2,3)4)25-36(29-42)46(5,6)7,43-30-37(47(8,9)10)26-38(31-43)48(11,12)13)44-32-39(49(14,15)16)27-40(33-44)50(17,18)19/h22-33H,20-21H2,1-19H3. The quantitative estimate of drug-likeness (QED) is 0.177. The average Bonchev–Trinajstić information content (AvgIpc) is 3.43. The zero-order valence-corrected chi connectivity index (χ0v) is 37.3. The molecule has 1 aliphatic rings. The van der Waals surface area contributed by atoms with Gasteiger partial charge in [0.05, 0.1) is 0 Å². The van der Waals surface area contributed by atoms with E-state index in [9.17, 15) is 0 Å². The van der Waals surface area contributed by atoms with Crippen molar-refractivity contribution in [3.63, 3.8) is 0 Å². The van der Waals surface area contributed by atoms with Crippen LogP contribution < -0.4 is 15.6 Å². The second-order valence-electron chi connectivity index (χ2n) is 21.9. The van der Waals surface area contributed by atoms with Crippen LogP contribution in [0, 0.1) is 5.54 Å². The minimum atomic E-state index is -2.97. The van der Waals surface area contributed by atoms with Crippen LogP contribution in [0.5, 0.6) is 0 Å². The summed E-state index contributed by atoms with van der Waals surface area (Å²) in [6, 6.07) is 23.3. The molecule has 3 aromatic rings. The van der Waals surface area contributed by atoms with Crippen LogP contribution in [0.1, 0.15) is 178 Å². The third-order valence-electron chi connectivity index (χ3n) is 11.1. The average molecular weight is 702 g/mol. The van der Waals surface area contributed by atoms with E-state index >= 15 is 0 Å². The molecule has 0 aromatic heterocycles. The fourth-order valence-electron chi connectivity index (χ4n) is 7.30. The molecule has 1 aliphatic carbocycles. The Morgan fingerprint density at radius 3 is 0.843 bits per heavy atom. The van der Waals surface area contributed by atoms with E-state index in [1.807, 2.05) is 0 Å². The monoisotopic (exact) mass is 702 g/mol. The third-order valence-corrected chi connectivity index (χ3v) is 15.7. The first-order valence-corrected chi connectivity index (χ1v) is 21.7. The summed E-state index contributed by atoms with van der Waals surface area (Å²) in [5.74, 6) is 0. The maximum Gasteiger partial charge on any atom is 0.162 e. The van der Waals surface area contributed by atoms with E-state index in [4.69, 9.17) is 0 Å². The second kappa shape index (κ2) is 13.6. The lowest BCUT2D eigenvalue weighted by molar-refractivity contribution is 0.569. The Kier molecular flexibility index (Phi) is 11.0. The molecule has 51 heavy (non-hydrogen) atoms. The molecule has 0 saturated carbocycles. The molecule has 0 bridgehead atoms. The molecule has 0 amide bonds. The van der Waals surface area contributed by atoms with E-state index in [1.54, 1.807) is 0 Å². The van der Waals surface area contributed by atoms with Gasteiger partial charge in [0.15, 0.2) is 8.07 Å². The number of hydrogen-bond acceptors (Lipinski definition) is 0. The largest absolute Gasteiger partial charge is 0.162 e. The first kappa shape index (κ1) is 41.1. The highest BCUT2D eigenvalue weighted by atomic mass is 28.3. The highest BCUT2D eigenvalue weighted by Gasteiger charge is 2.48. The van der Waals surface area contributed by atoms with Gasteiger partial charge in [-0.25, -0.2) is 0 Å². The van der Waals surface area contributed by atoms with E-state index in [2.05, 4.69) is 204 Å². The highest BCUT2D eigenvalue weighted by Crippen LogP contribution is 2.38. The summed E-state index contributed by atoms with van der Waals surface area (Å²) in [7, 11) is -2.97. The molecule has 277 valence electrons. The third kappa shape index (κ3) is 8.78. The summed E-state index contributed by atoms with van der Waals surface area (Å²) in [5.41, 5.74) is 11.5. The molecule has 0 saturated heterocycles. The van der Waals surface area contributed by atoms with Crippen molar-refractivity contribution in [2.45, 2.75) is 177 Å². The fraction of sp³-hybridized carbons (Fsp3) is 0.540. The Bertz CT molecular complexity index is 1500. The van der Waals surface area contributed by atoms with Gasteiger partial charge >= 0.3 is 0 Å². The van der Waals surface area contributed by atoms with Crippen molar-refractivity contribution in [3.05, 3.63) is 117 Å². The fourth-order valence-corrected chi connectivity index (χ4v) is 12.3. The number of hydrogen-bond donors (Lipinski definition) is 0. The lowest BCUT2D eigenvalue weighted by Crippen LogP contribution is -2.71. The van der Waals surface area contributed by atoms with Gasteiger partial charge in [-0.1, -0.05) is 216 Å². The lowest BCUT2D eigenvalue weighted by atomic mass is 9.80. The molecular weight excluding hydrogens is 629 g/mol. The van der Waals surface area contributed by atoms with E-state index in [0.29, 0.717) is 0 Å². The van der Waals surface area contributed by atoms with Gasteiger partial charge in [0, 0.05) is 5.54 Å². The molecule has 0 atom stereocenters. The normalized spacial score (nSPS) is 15.5. The van der Waals surface area contributed by atoms with Crippen LogP contribution in [0.2, 0.25) is 0 Å². The minimum absolute atomic E-state index is 0.00317. The molecular formula is C50H73Si. The topological polar surface area (TPSA) is 0 Å². The molecule has 4 rings (SSSR count). The summed E-state index contributed by atoms with van der Waals surface area (Å²) >= 11 is 0. The molecule has 0 nitrogen and oxygen atoms in total. The molecule has 3 aromatic carbocycles. The first-order chi connectivity index (χ1) is 23.0. The maximum absolute atomic E-state index is 2.97. The van der Waals surface area contributed by atoms with Crippen LogP contribution in [0.3, 0.4) is 0 Å². The van der Waals surface area contributed by atoms with Gasteiger partial charge in [-0.15, -0.1) is 0 Å². The smallest absolute Gasteiger partial charge is 0.0750 e. The van der Waals surface area contributed by atoms with E-state index in [0.717, 1.165) is 12.8 Å². The molecule has 0 unspecified atom stereocenters. The van der Waals surface area contributed by atoms with Crippen LogP contribution in [0.15, 0.2) is 78.4 Å². The summed E-state index contributed by atoms with van der Waals surface area (Å²) in [4.78, 5) is 0. The van der Waals surface area contributed by atoms with Gasteiger partial charge in [0.25, 0.3) is 0 Å². The van der Waals surface area contributed by atoms with Crippen molar-refractivity contribution in [3.8, 4) is 0 Å². The number of benzene rings is 3. The van der Waals surface area contributed by atoms with Gasteiger partial charge in [0.2, 0.25) is 0 Å². The van der Waals surface area contributed by atoms with E-state index < -0.39 is 8.07 Å². The number of allylic oxidation sites excluding steroid dienone is 4. The van der Waals surface area contributed by atoms with Crippen molar-refractivity contribution in [2.75, 3.05) is 0 Å². The van der Waals surface area contributed by atoms with Gasteiger partial charge in [-0.2, -0.15) is 0 Å². The minimum Gasteiger partial charge on any atom is -0.0750 e. The SMILES string of the molecule is CCCC1=C[C]([Si](c2cc(C(C)(C)C)cc(C(C)(C)C)c2)(c2cc(C(C)(C)C)cc(C(C)(C)C)c2)c2cc(C(C)(C)C)cc(C(C)(C)C)c2)C=C1. The van der Waals surface area contributed by atoms with Crippen LogP contribution in [-0.2, 0) is 32.5 Å². The summed E-state index contributed by atoms with van der Waals surface area (Å²) in [6.07, 6.45) is 9.82. The van der Waals surface area contributed by atoms with Crippen molar-refractivity contribution in [1.82, 2.24) is 0 Å².